The van der Waals surface area contributed by atoms with Crippen LogP contribution in [0.25, 0.3) is 10.9 Å². The molecule has 7 nitrogen and oxygen atoms in total. The normalized spacial score (nSPS) is 16.1. The lowest BCUT2D eigenvalue weighted by Gasteiger charge is -2.36. The lowest BCUT2D eigenvalue weighted by Crippen LogP contribution is -2.48. The number of carbonyl (C=O) groups is 2. The topological polar surface area (TPSA) is 74.7 Å². The fraction of sp³-hybridized carbons (Fsp3) is 0.346. The minimum Gasteiger partial charge on any atom is -0.366 e. The summed E-state index contributed by atoms with van der Waals surface area (Å²) >= 11 is 0. The van der Waals surface area contributed by atoms with Crippen LogP contribution in [0.5, 0.6) is 0 Å². The summed E-state index contributed by atoms with van der Waals surface area (Å²) in [5, 5.41) is 2.98. The zero-order valence-corrected chi connectivity index (χ0v) is 19.3. The van der Waals surface area contributed by atoms with Gasteiger partial charge in [0.2, 0.25) is 11.3 Å². The molecule has 0 radical (unpaired) electrons. The molecule has 34 heavy (non-hydrogen) atoms. The molecule has 2 aliphatic rings. The molecule has 2 fully saturated rings. The first kappa shape index (κ1) is 22.1. The van der Waals surface area contributed by atoms with E-state index in [1.807, 2.05) is 28.5 Å². The predicted molar refractivity (Wildman–Crippen MR) is 130 cm³/mol. The summed E-state index contributed by atoms with van der Waals surface area (Å²) in [5.41, 5.74) is 2.23. The molecule has 1 saturated heterocycles. The van der Waals surface area contributed by atoms with E-state index < -0.39 is 17.2 Å². The van der Waals surface area contributed by atoms with E-state index in [1.54, 1.807) is 29.3 Å². The highest BCUT2D eigenvalue weighted by Crippen LogP contribution is 2.38. The first-order valence-corrected chi connectivity index (χ1v) is 11.6. The molecular formula is C26H27FN4O3. The van der Waals surface area contributed by atoms with Crippen molar-refractivity contribution < 1.29 is 14.0 Å². The number of halogens is 1. The van der Waals surface area contributed by atoms with Crippen LogP contribution in [-0.4, -0.2) is 47.5 Å². The van der Waals surface area contributed by atoms with E-state index in [2.05, 4.69) is 5.32 Å². The van der Waals surface area contributed by atoms with Crippen LogP contribution in [0.1, 0.15) is 41.7 Å². The van der Waals surface area contributed by atoms with E-state index >= 15 is 4.39 Å². The van der Waals surface area contributed by atoms with Crippen molar-refractivity contribution in [2.75, 3.05) is 36.4 Å². The molecule has 0 atom stereocenters. The summed E-state index contributed by atoms with van der Waals surface area (Å²) in [4.78, 5) is 41.5. The van der Waals surface area contributed by atoms with Crippen molar-refractivity contribution in [1.29, 1.82) is 0 Å². The first-order valence-electron chi connectivity index (χ1n) is 11.6. The summed E-state index contributed by atoms with van der Waals surface area (Å²) in [5.74, 6) is -0.994. The minimum atomic E-state index is -0.505. The molecule has 3 aromatic rings. The molecular weight excluding hydrogens is 435 g/mol. The van der Waals surface area contributed by atoms with E-state index in [1.165, 1.54) is 13.0 Å². The van der Waals surface area contributed by atoms with Crippen LogP contribution in [0.2, 0.25) is 0 Å². The van der Waals surface area contributed by atoms with Crippen LogP contribution in [-0.2, 0) is 4.79 Å². The second kappa shape index (κ2) is 8.59. The van der Waals surface area contributed by atoms with Crippen molar-refractivity contribution in [2.24, 2.45) is 0 Å². The third-order valence-electron chi connectivity index (χ3n) is 6.66. The molecule has 2 amide bonds. The van der Waals surface area contributed by atoms with Crippen LogP contribution in [0, 0.1) is 12.7 Å². The number of carbonyl (C=O) groups excluding carboxylic acids is 2. The number of aryl methyl sites for hydroxylation is 1. The lowest BCUT2D eigenvalue weighted by molar-refractivity contribution is -0.129. The number of piperazine rings is 1. The van der Waals surface area contributed by atoms with Gasteiger partial charge in [0.1, 0.15) is 11.4 Å². The Morgan fingerprint density at radius 3 is 2.32 bits per heavy atom. The van der Waals surface area contributed by atoms with E-state index in [-0.39, 0.29) is 22.9 Å². The van der Waals surface area contributed by atoms with Gasteiger partial charge in [-0.2, -0.15) is 0 Å². The third kappa shape index (κ3) is 4.16. The molecule has 8 heteroatoms. The Hall–Kier alpha value is -3.68. The molecule has 1 aliphatic heterocycles. The molecule has 1 aromatic heterocycles. The van der Waals surface area contributed by atoms with Crippen molar-refractivity contribution in [2.45, 2.75) is 32.7 Å². The van der Waals surface area contributed by atoms with Gasteiger partial charge < -0.3 is 19.7 Å². The maximum absolute atomic E-state index is 15.2. The molecule has 176 valence electrons. The zero-order chi connectivity index (χ0) is 24.0. The number of nitrogens with one attached hydrogen (secondary N) is 1. The van der Waals surface area contributed by atoms with E-state index in [9.17, 15) is 14.4 Å². The third-order valence-corrected chi connectivity index (χ3v) is 6.66. The highest BCUT2D eigenvalue weighted by Gasteiger charge is 2.29. The van der Waals surface area contributed by atoms with Crippen molar-refractivity contribution in [3.05, 3.63) is 69.8 Å². The van der Waals surface area contributed by atoms with Gasteiger partial charge in [-0.25, -0.2) is 4.39 Å². The molecule has 0 unspecified atom stereocenters. The lowest BCUT2D eigenvalue weighted by atomic mass is 10.1. The Morgan fingerprint density at radius 2 is 1.71 bits per heavy atom. The zero-order valence-electron chi connectivity index (χ0n) is 19.3. The highest BCUT2D eigenvalue weighted by atomic mass is 19.1. The first-order chi connectivity index (χ1) is 16.3. The Morgan fingerprint density at radius 1 is 1.03 bits per heavy atom. The second-order valence-electron chi connectivity index (χ2n) is 9.14. The van der Waals surface area contributed by atoms with Crippen molar-refractivity contribution in [1.82, 2.24) is 9.47 Å². The van der Waals surface area contributed by atoms with Gasteiger partial charge in [-0.15, -0.1) is 0 Å². The van der Waals surface area contributed by atoms with Gasteiger partial charge in [-0.05, 0) is 44.0 Å². The van der Waals surface area contributed by atoms with Gasteiger partial charge in [0.15, 0.2) is 0 Å². The Bertz CT molecular complexity index is 1340. The summed E-state index contributed by atoms with van der Waals surface area (Å²) < 4.78 is 17.2. The molecule has 0 bridgehead atoms. The number of amides is 2. The van der Waals surface area contributed by atoms with Crippen LogP contribution >= 0.6 is 0 Å². The van der Waals surface area contributed by atoms with Gasteiger partial charge >= 0.3 is 0 Å². The largest absolute Gasteiger partial charge is 0.366 e. The number of aromatic nitrogens is 1. The fourth-order valence-corrected chi connectivity index (χ4v) is 4.52. The highest BCUT2D eigenvalue weighted by molar-refractivity contribution is 6.06. The van der Waals surface area contributed by atoms with Crippen molar-refractivity contribution >= 4 is 34.1 Å². The average molecular weight is 463 g/mol. The summed E-state index contributed by atoms with van der Waals surface area (Å²) in [6.07, 6.45) is 3.50. The minimum absolute atomic E-state index is 0.00203. The fourth-order valence-electron chi connectivity index (χ4n) is 4.52. The Kier molecular flexibility index (Phi) is 5.59. The van der Waals surface area contributed by atoms with Gasteiger partial charge in [0.25, 0.3) is 5.91 Å². The SMILES string of the molecule is CC(=O)N1CCN(c2cc3c(cc2F)c(=O)c(C(=O)Nc2ccc(C)cc2)cn3C2CC2)CC1. The number of nitrogens with zero attached hydrogens (tertiary/aromatic N) is 3. The maximum atomic E-state index is 15.2. The van der Waals surface area contributed by atoms with Crippen LogP contribution in [0.4, 0.5) is 15.8 Å². The van der Waals surface area contributed by atoms with Crippen molar-refractivity contribution in [3.63, 3.8) is 0 Å². The van der Waals surface area contributed by atoms with Gasteiger partial charge in [0.05, 0.1) is 11.2 Å². The molecule has 1 aliphatic carbocycles. The van der Waals surface area contributed by atoms with Gasteiger partial charge in [-0.3, -0.25) is 14.4 Å². The van der Waals surface area contributed by atoms with Crippen LogP contribution in [0.3, 0.4) is 0 Å². The number of fused-ring (bicyclic) bond motifs is 1. The Balaban J connectivity index is 1.52. The molecule has 2 heterocycles. The predicted octanol–water partition coefficient (Wildman–Crippen LogP) is 3.70. The summed E-state index contributed by atoms with van der Waals surface area (Å²) in [6, 6.07) is 10.5. The van der Waals surface area contributed by atoms with Gasteiger partial charge in [-0.1, -0.05) is 17.7 Å². The van der Waals surface area contributed by atoms with E-state index in [4.69, 9.17) is 0 Å². The smallest absolute Gasteiger partial charge is 0.261 e. The number of benzene rings is 2. The van der Waals surface area contributed by atoms with E-state index in [0.717, 1.165) is 18.4 Å². The molecule has 1 N–H and O–H groups in total. The number of hydrogen-bond acceptors (Lipinski definition) is 4. The number of rotatable bonds is 4. The molecule has 5 rings (SSSR count). The number of hydrogen-bond donors (Lipinski definition) is 1. The molecule has 1 saturated carbocycles. The van der Waals surface area contributed by atoms with Crippen LogP contribution in [0.15, 0.2) is 47.4 Å². The average Bonchev–Trinajstić information content (AvgIpc) is 3.66. The van der Waals surface area contributed by atoms with Crippen molar-refractivity contribution in [3.8, 4) is 0 Å². The number of anilines is 2. The van der Waals surface area contributed by atoms with E-state index in [0.29, 0.717) is 43.1 Å². The Labute approximate surface area is 196 Å². The standard InChI is InChI=1S/C26H27FN4O3/c1-16-3-5-18(6-4-16)28-26(34)21-15-31(19-7-8-19)23-14-24(22(27)13-20(23)25(21)33)30-11-9-29(10-12-30)17(2)32/h3-6,13-15,19H,7-12H2,1-2H3,(H,28,34). The monoisotopic (exact) mass is 462 g/mol. The molecule has 0 spiro atoms. The van der Waals surface area contributed by atoms with Crippen LogP contribution < -0.4 is 15.6 Å². The molecule has 2 aromatic carbocycles. The summed E-state index contributed by atoms with van der Waals surface area (Å²) in [6.45, 7) is 5.59. The second-order valence-corrected chi connectivity index (χ2v) is 9.14. The van der Waals surface area contributed by atoms with Gasteiger partial charge in [0, 0.05) is 56.4 Å². The maximum Gasteiger partial charge on any atom is 0.261 e. The number of pyridine rings is 1. The quantitative estimate of drug-likeness (QED) is 0.642. The summed E-state index contributed by atoms with van der Waals surface area (Å²) in [7, 11) is 0.